The van der Waals surface area contributed by atoms with Crippen LogP contribution in [0.4, 0.5) is 0 Å². The molecule has 3 N–H and O–H groups in total. The molecule has 0 aliphatic rings. The number of carbonyl (C=O) groups excluding carboxylic acids is 1. The molecule has 1 heterocycles. The lowest BCUT2D eigenvalue weighted by atomic mass is 10.3. The highest BCUT2D eigenvalue weighted by molar-refractivity contribution is 7.07. The first-order valence-corrected chi connectivity index (χ1v) is 4.16. The summed E-state index contributed by atoms with van der Waals surface area (Å²) in [6.07, 6.45) is 0. The van der Waals surface area contributed by atoms with Gasteiger partial charge in [0.25, 0.3) is 5.91 Å². The first-order chi connectivity index (χ1) is 5.34. The van der Waals surface area contributed by atoms with Gasteiger partial charge in [-0.3, -0.25) is 4.79 Å². The van der Waals surface area contributed by atoms with Gasteiger partial charge in [-0.1, -0.05) is 0 Å². The van der Waals surface area contributed by atoms with Crippen molar-refractivity contribution in [2.75, 3.05) is 13.1 Å². The summed E-state index contributed by atoms with van der Waals surface area (Å²) >= 11 is 1.38. The van der Waals surface area contributed by atoms with Gasteiger partial charge in [0, 0.05) is 13.1 Å². The van der Waals surface area contributed by atoms with Crippen LogP contribution >= 0.6 is 11.3 Å². The van der Waals surface area contributed by atoms with Crippen LogP contribution in [-0.4, -0.2) is 19.0 Å². The van der Waals surface area contributed by atoms with Crippen LogP contribution in [0.15, 0.2) is 11.4 Å². The van der Waals surface area contributed by atoms with Crippen LogP contribution in [0.2, 0.25) is 0 Å². The Balaban J connectivity index is 2.43. The fraction of sp³-hybridized carbons (Fsp3) is 0.286. The third-order valence-corrected chi connectivity index (χ3v) is 1.76. The Labute approximate surface area is 69.2 Å². The summed E-state index contributed by atoms with van der Waals surface area (Å²) in [5.74, 6) is -0.100. The van der Waals surface area contributed by atoms with Gasteiger partial charge in [-0.05, 0) is 11.4 Å². The van der Waals surface area contributed by atoms with Crippen LogP contribution in [0.3, 0.4) is 0 Å². The van der Waals surface area contributed by atoms with Gasteiger partial charge in [-0.2, -0.15) is 0 Å². The van der Waals surface area contributed by atoms with E-state index in [-0.39, 0.29) is 5.91 Å². The van der Waals surface area contributed by atoms with E-state index in [1.165, 1.54) is 11.3 Å². The van der Waals surface area contributed by atoms with Crippen LogP contribution in [0.25, 0.3) is 0 Å². The van der Waals surface area contributed by atoms with E-state index in [0.717, 1.165) is 0 Å². The van der Waals surface area contributed by atoms with Crippen LogP contribution < -0.4 is 11.1 Å². The number of amides is 1. The predicted molar refractivity (Wildman–Crippen MR) is 44.5 cm³/mol. The zero-order chi connectivity index (χ0) is 8.10. The minimum atomic E-state index is -0.100. The second-order valence-electron chi connectivity index (χ2n) is 1.98. The quantitative estimate of drug-likeness (QED) is 0.681. The smallest absolute Gasteiger partial charge is 0.252 e. The summed E-state index contributed by atoms with van der Waals surface area (Å²) in [4.78, 5) is 11.1. The molecule has 4 heteroatoms. The first-order valence-electron chi connectivity index (χ1n) is 3.28. The number of carbonyl (C=O) groups is 1. The summed E-state index contributed by atoms with van der Waals surface area (Å²) in [6.45, 7) is 0.985. The molecule has 11 heavy (non-hydrogen) atoms. The molecule has 1 amide bonds. The maximum Gasteiger partial charge on any atom is 0.252 e. The predicted octanol–water partition coefficient (Wildman–Crippen LogP) is 0.237. The van der Waals surface area contributed by atoms with Crippen LogP contribution in [0, 0.1) is 5.38 Å². The molecule has 3 nitrogen and oxygen atoms in total. The van der Waals surface area contributed by atoms with Gasteiger partial charge in [-0.25, -0.2) is 0 Å². The van der Waals surface area contributed by atoms with Crippen molar-refractivity contribution in [1.82, 2.24) is 5.32 Å². The molecule has 1 rings (SSSR count). The molecule has 0 unspecified atom stereocenters. The Hall–Kier alpha value is -0.870. The highest BCUT2D eigenvalue weighted by Gasteiger charge is 2.03. The van der Waals surface area contributed by atoms with Crippen molar-refractivity contribution in [2.24, 2.45) is 5.73 Å². The third kappa shape index (κ3) is 2.32. The molecule has 0 saturated heterocycles. The molecular weight excluding hydrogens is 160 g/mol. The van der Waals surface area contributed by atoms with E-state index < -0.39 is 0 Å². The molecule has 59 valence electrons. The van der Waals surface area contributed by atoms with Gasteiger partial charge in [0.15, 0.2) is 0 Å². The summed E-state index contributed by atoms with van der Waals surface area (Å²) in [7, 11) is 0. The van der Waals surface area contributed by atoms with E-state index in [1.54, 1.807) is 6.07 Å². The second-order valence-corrected chi connectivity index (χ2v) is 2.69. The maximum atomic E-state index is 11.1. The van der Waals surface area contributed by atoms with Crippen molar-refractivity contribution in [3.8, 4) is 0 Å². The second kappa shape index (κ2) is 4.10. The normalized spacial score (nSPS) is 9.55. The summed E-state index contributed by atoms with van der Waals surface area (Å²) in [6, 6.07) is 1.73. The van der Waals surface area contributed by atoms with Gasteiger partial charge in [0.05, 0.1) is 10.9 Å². The SMILES string of the molecule is NCCNC(=O)c1[c]scc1. The van der Waals surface area contributed by atoms with Crippen molar-refractivity contribution < 1.29 is 4.79 Å². The lowest BCUT2D eigenvalue weighted by Gasteiger charge is -1.98. The van der Waals surface area contributed by atoms with Crippen LogP contribution in [0.5, 0.6) is 0 Å². The molecule has 0 fully saturated rings. The number of nitrogens with two attached hydrogens (primary N) is 1. The average molecular weight is 169 g/mol. The number of hydrogen-bond donors (Lipinski definition) is 2. The van der Waals surface area contributed by atoms with Gasteiger partial charge < -0.3 is 11.1 Å². The number of rotatable bonds is 3. The fourth-order valence-corrected chi connectivity index (χ4v) is 1.20. The zero-order valence-corrected chi connectivity index (χ0v) is 6.78. The summed E-state index contributed by atoms with van der Waals surface area (Å²) in [5.41, 5.74) is 5.79. The monoisotopic (exact) mass is 169 g/mol. The van der Waals surface area contributed by atoms with E-state index >= 15 is 0 Å². The standard InChI is InChI=1S/C7H9N2OS/c8-2-3-9-7(10)6-1-4-11-5-6/h1,4H,2-3,8H2,(H,9,10). The minimum absolute atomic E-state index is 0.100. The van der Waals surface area contributed by atoms with Gasteiger partial charge >= 0.3 is 0 Å². The van der Waals surface area contributed by atoms with Crippen molar-refractivity contribution in [2.45, 2.75) is 0 Å². The molecule has 0 saturated carbocycles. The van der Waals surface area contributed by atoms with E-state index in [1.807, 2.05) is 5.38 Å². The molecule has 0 atom stereocenters. The van der Waals surface area contributed by atoms with Crippen molar-refractivity contribution in [3.05, 3.63) is 22.4 Å². The minimum Gasteiger partial charge on any atom is -0.351 e. The van der Waals surface area contributed by atoms with Crippen LogP contribution in [-0.2, 0) is 0 Å². The molecule has 0 aromatic carbocycles. The number of nitrogens with one attached hydrogen (secondary N) is 1. The Morgan fingerprint density at radius 1 is 1.82 bits per heavy atom. The lowest BCUT2D eigenvalue weighted by Crippen LogP contribution is -2.28. The molecule has 1 aromatic heterocycles. The van der Waals surface area contributed by atoms with Crippen molar-refractivity contribution in [3.63, 3.8) is 0 Å². The summed E-state index contributed by atoms with van der Waals surface area (Å²) in [5, 5.41) is 7.30. The van der Waals surface area contributed by atoms with E-state index in [9.17, 15) is 4.79 Å². The van der Waals surface area contributed by atoms with Gasteiger partial charge in [0.2, 0.25) is 0 Å². The number of thiophene rings is 1. The fourth-order valence-electron chi connectivity index (χ4n) is 0.637. The zero-order valence-electron chi connectivity index (χ0n) is 5.96. The van der Waals surface area contributed by atoms with E-state index in [2.05, 4.69) is 10.7 Å². The molecule has 1 aromatic rings. The highest BCUT2D eigenvalue weighted by Crippen LogP contribution is 2.03. The molecule has 0 bridgehead atoms. The lowest BCUT2D eigenvalue weighted by molar-refractivity contribution is 0.0955. The molecular formula is C7H9N2OS. The van der Waals surface area contributed by atoms with E-state index in [4.69, 9.17) is 5.73 Å². The van der Waals surface area contributed by atoms with Crippen LogP contribution in [0.1, 0.15) is 10.4 Å². The maximum absolute atomic E-state index is 11.1. The Morgan fingerprint density at radius 2 is 2.64 bits per heavy atom. The first kappa shape index (κ1) is 8.23. The largest absolute Gasteiger partial charge is 0.351 e. The topological polar surface area (TPSA) is 55.1 Å². The molecule has 0 spiro atoms. The van der Waals surface area contributed by atoms with Gasteiger partial charge in [0.1, 0.15) is 0 Å². The highest BCUT2D eigenvalue weighted by atomic mass is 32.1. The van der Waals surface area contributed by atoms with E-state index in [0.29, 0.717) is 18.7 Å². The molecule has 0 aliphatic carbocycles. The molecule has 0 aliphatic heterocycles. The Kier molecular flexibility index (Phi) is 3.07. The average Bonchev–Trinajstić information content (AvgIpc) is 2.52. The summed E-state index contributed by atoms with van der Waals surface area (Å²) < 4.78 is 0. The molecule has 1 radical (unpaired) electrons. The third-order valence-electron chi connectivity index (χ3n) is 1.15. The number of hydrogen-bond acceptors (Lipinski definition) is 3. The Morgan fingerprint density at radius 3 is 3.18 bits per heavy atom. The Bertz CT molecular complexity index is 220. The van der Waals surface area contributed by atoms with Crippen molar-refractivity contribution in [1.29, 1.82) is 0 Å². The van der Waals surface area contributed by atoms with Gasteiger partial charge in [-0.15, -0.1) is 11.3 Å². The van der Waals surface area contributed by atoms with Crippen molar-refractivity contribution >= 4 is 17.2 Å².